The van der Waals surface area contributed by atoms with Gasteiger partial charge in [0.1, 0.15) is 11.3 Å². The lowest BCUT2D eigenvalue weighted by Crippen LogP contribution is -2.23. The molecule has 0 spiro atoms. The quantitative estimate of drug-likeness (QED) is 0.745. The van der Waals surface area contributed by atoms with Gasteiger partial charge in [-0.1, -0.05) is 32.4 Å². The van der Waals surface area contributed by atoms with E-state index in [-0.39, 0.29) is 11.5 Å². The third kappa shape index (κ3) is 3.43. The Kier molecular flexibility index (Phi) is 4.05. The van der Waals surface area contributed by atoms with Crippen LogP contribution in [0.1, 0.15) is 39.6 Å². The van der Waals surface area contributed by atoms with Gasteiger partial charge < -0.3 is 4.74 Å². The molecule has 0 radical (unpaired) electrons. The van der Waals surface area contributed by atoms with Crippen molar-refractivity contribution in [1.82, 2.24) is 9.97 Å². The summed E-state index contributed by atoms with van der Waals surface area (Å²) in [6, 6.07) is 1.66. The van der Waals surface area contributed by atoms with Gasteiger partial charge in [0.15, 0.2) is 5.82 Å². The summed E-state index contributed by atoms with van der Waals surface area (Å²) in [5.41, 5.74) is -0.0410. The number of rotatable bonds is 3. The molecule has 0 N–H and O–H groups in total. The summed E-state index contributed by atoms with van der Waals surface area (Å²) < 4.78 is 5.66. The van der Waals surface area contributed by atoms with Crippen LogP contribution < -0.4 is 0 Å². The standard InChI is InChI=1S/C11H17ClN2O/c1-5-15-9(11(2,3)4)10-13-7-6-8(12)14-10/h6-7,9H,5H2,1-4H3. The van der Waals surface area contributed by atoms with Gasteiger partial charge >= 0.3 is 0 Å². The molecular formula is C11H17ClN2O. The van der Waals surface area contributed by atoms with Crippen LogP contribution in [0.4, 0.5) is 0 Å². The second-order valence-corrected chi connectivity index (χ2v) is 4.83. The molecule has 15 heavy (non-hydrogen) atoms. The predicted octanol–water partition coefficient (Wildman–Crippen LogP) is 3.25. The summed E-state index contributed by atoms with van der Waals surface area (Å²) in [7, 11) is 0. The second-order valence-electron chi connectivity index (χ2n) is 4.44. The number of nitrogens with zero attached hydrogens (tertiary/aromatic N) is 2. The lowest BCUT2D eigenvalue weighted by Gasteiger charge is -2.28. The van der Waals surface area contributed by atoms with Gasteiger partial charge in [-0.2, -0.15) is 0 Å². The molecule has 0 aliphatic rings. The number of aromatic nitrogens is 2. The van der Waals surface area contributed by atoms with Crippen LogP contribution in [0.25, 0.3) is 0 Å². The van der Waals surface area contributed by atoms with Crippen LogP contribution in [0.5, 0.6) is 0 Å². The largest absolute Gasteiger partial charge is 0.370 e. The van der Waals surface area contributed by atoms with Gasteiger partial charge in [-0.15, -0.1) is 0 Å². The van der Waals surface area contributed by atoms with Crippen LogP contribution in [0.3, 0.4) is 0 Å². The molecule has 1 aromatic heterocycles. The third-order valence-corrected chi connectivity index (χ3v) is 2.21. The van der Waals surface area contributed by atoms with Crippen LogP contribution in [0.15, 0.2) is 12.3 Å². The molecule has 0 aliphatic heterocycles. The summed E-state index contributed by atoms with van der Waals surface area (Å²) in [5, 5.41) is 0.453. The van der Waals surface area contributed by atoms with Crippen molar-refractivity contribution in [3.8, 4) is 0 Å². The Morgan fingerprint density at radius 3 is 2.60 bits per heavy atom. The number of ether oxygens (including phenoxy) is 1. The first-order valence-corrected chi connectivity index (χ1v) is 5.43. The molecule has 4 heteroatoms. The summed E-state index contributed by atoms with van der Waals surface area (Å²) in [4.78, 5) is 8.39. The highest BCUT2D eigenvalue weighted by molar-refractivity contribution is 6.29. The fourth-order valence-corrected chi connectivity index (χ4v) is 1.50. The highest BCUT2D eigenvalue weighted by Gasteiger charge is 2.29. The average molecular weight is 229 g/mol. The Hall–Kier alpha value is -0.670. The van der Waals surface area contributed by atoms with Crippen molar-refractivity contribution in [2.24, 2.45) is 5.41 Å². The second kappa shape index (κ2) is 4.90. The van der Waals surface area contributed by atoms with Crippen molar-refractivity contribution < 1.29 is 4.74 Å². The van der Waals surface area contributed by atoms with Crippen molar-refractivity contribution in [3.05, 3.63) is 23.2 Å². The zero-order chi connectivity index (χ0) is 11.5. The maximum Gasteiger partial charge on any atom is 0.159 e. The molecule has 84 valence electrons. The molecule has 1 unspecified atom stereocenters. The Labute approximate surface area is 95.8 Å². The smallest absolute Gasteiger partial charge is 0.159 e. The van der Waals surface area contributed by atoms with Crippen molar-refractivity contribution in [1.29, 1.82) is 0 Å². The monoisotopic (exact) mass is 228 g/mol. The van der Waals surface area contributed by atoms with E-state index in [1.165, 1.54) is 0 Å². The Morgan fingerprint density at radius 1 is 1.47 bits per heavy atom. The van der Waals surface area contributed by atoms with Gasteiger partial charge in [0.05, 0.1) is 0 Å². The van der Waals surface area contributed by atoms with Gasteiger partial charge in [-0.3, -0.25) is 0 Å². The van der Waals surface area contributed by atoms with E-state index in [1.54, 1.807) is 12.3 Å². The number of hydrogen-bond acceptors (Lipinski definition) is 3. The zero-order valence-electron chi connectivity index (χ0n) is 9.62. The topological polar surface area (TPSA) is 35.0 Å². The van der Waals surface area contributed by atoms with Crippen LogP contribution in [-0.4, -0.2) is 16.6 Å². The average Bonchev–Trinajstić information content (AvgIpc) is 2.12. The Balaban J connectivity index is 2.99. The van der Waals surface area contributed by atoms with E-state index in [2.05, 4.69) is 30.7 Å². The molecule has 0 aliphatic carbocycles. The Morgan fingerprint density at radius 2 is 2.13 bits per heavy atom. The van der Waals surface area contributed by atoms with E-state index >= 15 is 0 Å². The minimum absolute atomic E-state index is 0.0410. The van der Waals surface area contributed by atoms with Crippen LogP contribution in [0, 0.1) is 5.41 Å². The van der Waals surface area contributed by atoms with Gasteiger partial charge in [0, 0.05) is 12.8 Å². The van der Waals surface area contributed by atoms with Crippen LogP contribution in [-0.2, 0) is 4.74 Å². The molecule has 0 aromatic carbocycles. The van der Waals surface area contributed by atoms with E-state index in [9.17, 15) is 0 Å². The molecule has 0 bridgehead atoms. The van der Waals surface area contributed by atoms with Crippen molar-refractivity contribution in [2.75, 3.05) is 6.61 Å². The van der Waals surface area contributed by atoms with Gasteiger partial charge in [-0.25, -0.2) is 9.97 Å². The summed E-state index contributed by atoms with van der Waals surface area (Å²) in [5.74, 6) is 0.650. The predicted molar refractivity (Wildman–Crippen MR) is 60.9 cm³/mol. The molecular weight excluding hydrogens is 212 g/mol. The first-order valence-electron chi connectivity index (χ1n) is 5.05. The van der Waals surface area contributed by atoms with E-state index in [0.717, 1.165) is 0 Å². The maximum absolute atomic E-state index is 5.83. The third-order valence-electron chi connectivity index (χ3n) is 1.99. The van der Waals surface area contributed by atoms with Gasteiger partial charge in [-0.05, 0) is 18.4 Å². The van der Waals surface area contributed by atoms with E-state index in [1.807, 2.05) is 6.92 Å². The number of halogens is 1. The van der Waals surface area contributed by atoms with E-state index in [0.29, 0.717) is 17.6 Å². The molecule has 0 saturated carbocycles. The maximum atomic E-state index is 5.83. The molecule has 1 heterocycles. The molecule has 3 nitrogen and oxygen atoms in total. The highest BCUT2D eigenvalue weighted by atomic mass is 35.5. The molecule has 1 atom stereocenters. The van der Waals surface area contributed by atoms with Crippen LogP contribution in [0.2, 0.25) is 5.15 Å². The van der Waals surface area contributed by atoms with Crippen molar-refractivity contribution >= 4 is 11.6 Å². The number of hydrogen-bond donors (Lipinski definition) is 0. The van der Waals surface area contributed by atoms with Gasteiger partial charge in [0.2, 0.25) is 0 Å². The minimum atomic E-state index is -0.124. The molecule has 0 saturated heterocycles. The summed E-state index contributed by atoms with van der Waals surface area (Å²) in [6.07, 6.45) is 1.53. The Bertz CT molecular complexity index is 323. The molecule has 0 fully saturated rings. The van der Waals surface area contributed by atoms with Crippen molar-refractivity contribution in [2.45, 2.75) is 33.8 Å². The summed E-state index contributed by atoms with van der Waals surface area (Å²) >= 11 is 5.83. The SMILES string of the molecule is CCOC(c1nccc(Cl)n1)C(C)(C)C. The molecule has 1 aromatic rings. The van der Waals surface area contributed by atoms with E-state index < -0.39 is 0 Å². The lowest BCUT2D eigenvalue weighted by atomic mass is 9.88. The molecule has 1 rings (SSSR count). The first-order chi connectivity index (χ1) is 6.95. The van der Waals surface area contributed by atoms with E-state index in [4.69, 9.17) is 16.3 Å². The lowest BCUT2D eigenvalue weighted by molar-refractivity contribution is -0.0191. The first kappa shape index (κ1) is 12.4. The summed E-state index contributed by atoms with van der Waals surface area (Å²) in [6.45, 7) is 8.88. The fourth-order valence-electron chi connectivity index (χ4n) is 1.36. The zero-order valence-corrected chi connectivity index (χ0v) is 10.4. The normalized spacial score (nSPS) is 13.9. The minimum Gasteiger partial charge on any atom is -0.370 e. The van der Waals surface area contributed by atoms with Crippen LogP contribution >= 0.6 is 11.6 Å². The van der Waals surface area contributed by atoms with Gasteiger partial charge in [0.25, 0.3) is 0 Å². The highest BCUT2D eigenvalue weighted by Crippen LogP contribution is 2.34. The molecule has 0 amide bonds. The van der Waals surface area contributed by atoms with Crippen molar-refractivity contribution in [3.63, 3.8) is 0 Å². The fraction of sp³-hybridized carbons (Fsp3) is 0.636.